The van der Waals surface area contributed by atoms with Gasteiger partial charge in [0.1, 0.15) is 0 Å². The van der Waals surface area contributed by atoms with E-state index in [0.717, 1.165) is 33.4 Å². The summed E-state index contributed by atoms with van der Waals surface area (Å²) >= 11 is 0. The molecule has 1 heterocycles. The lowest BCUT2D eigenvalue weighted by Gasteiger charge is -2.31. The number of para-hydroxylation sites is 1. The normalized spacial score (nSPS) is 13.2. The molecule has 200 valence electrons. The van der Waals surface area contributed by atoms with Crippen molar-refractivity contribution >= 4 is 38.7 Å². The van der Waals surface area contributed by atoms with Gasteiger partial charge in [0.25, 0.3) is 0 Å². The van der Waals surface area contributed by atoms with E-state index in [2.05, 4.69) is 152 Å². The molecule has 0 spiro atoms. The van der Waals surface area contributed by atoms with Crippen molar-refractivity contribution in [1.29, 1.82) is 0 Å². The van der Waals surface area contributed by atoms with Crippen molar-refractivity contribution in [2.24, 2.45) is 0 Å². The zero-order valence-corrected chi connectivity index (χ0v) is 23.8. The Morgan fingerprint density at radius 2 is 1.21 bits per heavy atom. The van der Waals surface area contributed by atoms with Gasteiger partial charge in [-0.1, -0.05) is 123 Å². The second-order valence-corrected chi connectivity index (χ2v) is 11.6. The van der Waals surface area contributed by atoms with Crippen LogP contribution < -0.4 is 4.90 Å². The van der Waals surface area contributed by atoms with E-state index in [0.29, 0.717) is 0 Å². The van der Waals surface area contributed by atoms with Gasteiger partial charge in [0.05, 0.1) is 16.9 Å². The van der Waals surface area contributed by atoms with Gasteiger partial charge < -0.3 is 4.90 Å². The Hall–Kier alpha value is -5.21. The van der Waals surface area contributed by atoms with Crippen molar-refractivity contribution in [3.8, 4) is 22.3 Å². The van der Waals surface area contributed by atoms with Crippen LogP contribution in [0.25, 0.3) is 43.9 Å². The van der Waals surface area contributed by atoms with E-state index in [1.807, 2.05) is 12.3 Å². The predicted octanol–water partition coefficient (Wildman–Crippen LogP) is 10.8. The van der Waals surface area contributed by atoms with E-state index in [1.165, 1.54) is 38.8 Å². The van der Waals surface area contributed by atoms with Crippen LogP contribution in [0.1, 0.15) is 25.0 Å². The number of anilines is 3. The van der Waals surface area contributed by atoms with Crippen molar-refractivity contribution in [1.82, 2.24) is 4.98 Å². The number of nitrogens with zero attached hydrogens (tertiary/aromatic N) is 2. The fourth-order valence-corrected chi connectivity index (χ4v) is 6.85. The van der Waals surface area contributed by atoms with E-state index < -0.39 is 0 Å². The summed E-state index contributed by atoms with van der Waals surface area (Å²) in [6.07, 6.45) is 1.90. The molecule has 6 aromatic carbocycles. The third-order valence-corrected chi connectivity index (χ3v) is 8.89. The minimum absolute atomic E-state index is 0.0977. The first kappa shape index (κ1) is 24.6. The summed E-state index contributed by atoms with van der Waals surface area (Å²) in [5, 5.41) is 3.47. The summed E-state index contributed by atoms with van der Waals surface area (Å²) in [6, 6.07) is 50.4. The molecule has 0 amide bonds. The molecule has 0 atom stereocenters. The summed E-state index contributed by atoms with van der Waals surface area (Å²) in [4.78, 5) is 7.34. The number of aromatic nitrogens is 1. The lowest BCUT2D eigenvalue weighted by molar-refractivity contribution is 0.660. The predicted molar refractivity (Wildman–Crippen MR) is 177 cm³/mol. The minimum atomic E-state index is -0.0977. The lowest BCUT2D eigenvalue weighted by Crippen LogP contribution is -2.17. The van der Waals surface area contributed by atoms with Gasteiger partial charge in [-0.2, -0.15) is 0 Å². The number of fused-ring (bicyclic) bond motifs is 6. The average molecular weight is 539 g/mol. The molecule has 0 saturated carbocycles. The van der Waals surface area contributed by atoms with Gasteiger partial charge >= 0.3 is 0 Å². The average Bonchev–Trinajstić information content (AvgIpc) is 3.28. The van der Waals surface area contributed by atoms with Crippen molar-refractivity contribution in [3.05, 3.63) is 157 Å². The molecule has 1 aromatic heterocycles. The Morgan fingerprint density at radius 1 is 0.524 bits per heavy atom. The molecular formula is C40H30N2. The van der Waals surface area contributed by atoms with Crippen LogP contribution >= 0.6 is 0 Å². The standard InChI is InChI=1S/C40H30N2/c1-40(2)34-18-8-6-17-32(34)33-24-23-30(26-35(33)40)42(36-19-9-7-16-31(36)27-12-4-3-5-13-27)37-20-10-14-28-21-22-29-15-11-25-41-39(29)38(28)37/h3-26H,1-2H3. The van der Waals surface area contributed by atoms with Crippen molar-refractivity contribution in [2.45, 2.75) is 19.3 Å². The van der Waals surface area contributed by atoms with Crippen LogP contribution in [0.5, 0.6) is 0 Å². The molecule has 1 aliphatic rings. The molecule has 7 aromatic rings. The first-order valence-corrected chi connectivity index (χ1v) is 14.6. The van der Waals surface area contributed by atoms with Gasteiger partial charge in [0, 0.05) is 33.6 Å². The van der Waals surface area contributed by atoms with Gasteiger partial charge in [-0.05, 0) is 63.5 Å². The number of pyridine rings is 1. The first-order chi connectivity index (χ1) is 20.6. The van der Waals surface area contributed by atoms with E-state index in [9.17, 15) is 0 Å². The maximum atomic E-state index is 4.90. The highest BCUT2D eigenvalue weighted by Crippen LogP contribution is 2.52. The Balaban J connectivity index is 1.45. The molecule has 42 heavy (non-hydrogen) atoms. The molecule has 0 aliphatic heterocycles. The Kier molecular flexibility index (Phi) is 5.52. The first-order valence-electron chi connectivity index (χ1n) is 14.6. The van der Waals surface area contributed by atoms with Crippen LogP contribution in [0.15, 0.2) is 146 Å². The molecule has 2 nitrogen and oxygen atoms in total. The van der Waals surface area contributed by atoms with Crippen molar-refractivity contribution < 1.29 is 0 Å². The SMILES string of the molecule is CC1(C)c2ccccc2-c2ccc(N(c3ccccc3-c3ccccc3)c3cccc4ccc5cccnc5c34)cc21. The highest BCUT2D eigenvalue weighted by atomic mass is 15.1. The van der Waals surface area contributed by atoms with E-state index in [4.69, 9.17) is 4.98 Å². The Labute approximate surface area is 246 Å². The number of benzene rings is 6. The maximum absolute atomic E-state index is 4.90. The van der Waals surface area contributed by atoms with Gasteiger partial charge in [-0.3, -0.25) is 4.98 Å². The fraction of sp³-hybridized carbons (Fsp3) is 0.0750. The quantitative estimate of drug-likeness (QED) is 0.207. The highest BCUT2D eigenvalue weighted by molar-refractivity contribution is 6.14. The van der Waals surface area contributed by atoms with Crippen molar-refractivity contribution in [3.63, 3.8) is 0 Å². The molecule has 2 heteroatoms. The van der Waals surface area contributed by atoms with Gasteiger partial charge in [-0.15, -0.1) is 0 Å². The number of hydrogen-bond acceptors (Lipinski definition) is 2. The monoisotopic (exact) mass is 538 g/mol. The fourth-order valence-electron chi connectivity index (χ4n) is 6.85. The lowest BCUT2D eigenvalue weighted by atomic mass is 9.82. The largest absolute Gasteiger partial charge is 0.309 e. The molecule has 0 radical (unpaired) electrons. The Morgan fingerprint density at radius 3 is 2.10 bits per heavy atom. The Bertz CT molecular complexity index is 2120. The molecule has 1 aliphatic carbocycles. The molecule has 0 saturated heterocycles. The van der Waals surface area contributed by atoms with Crippen LogP contribution in [-0.2, 0) is 5.41 Å². The third-order valence-electron chi connectivity index (χ3n) is 8.89. The number of rotatable bonds is 4. The third kappa shape index (κ3) is 3.69. The summed E-state index contributed by atoms with van der Waals surface area (Å²) in [5.74, 6) is 0. The summed E-state index contributed by atoms with van der Waals surface area (Å²) in [5.41, 5.74) is 12.1. The molecule has 0 fully saturated rings. The second kappa shape index (κ2) is 9.43. The van der Waals surface area contributed by atoms with Crippen LogP contribution in [0.4, 0.5) is 17.1 Å². The van der Waals surface area contributed by atoms with Crippen LogP contribution in [-0.4, -0.2) is 4.98 Å². The summed E-state index contributed by atoms with van der Waals surface area (Å²) in [7, 11) is 0. The zero-order chi connectivity index (χ0) is 28.3. The maximum Gasteiger partial charge on any atom is 0.0801 e. The number of hydrogen-bond donors (Lipinski definition) is 0. The van der Waals surface area contributed by atoms with E-state index >= 15 is 0 Å². The van der Waals surface area contributed by atoms with Gasteiger partial charge in [0.2, 0.25) is 0 Å². The topological polar surface area (TPSA) is 16.1 Å². The molecular weight excluding hydrogens is 508 g/mol. The van der Waals surface area contributed by atoms with Gasteiger partial charge in [0.15, 0.2) is 0 Å². The molecule has 0 unspecified atom stereocenters. The van der Waals surface area contributed by atoms with Crippen LogP contribution in [0.2, 0.25) is 0 Å². The van der Waals surface area contributed by atoms with E-state index in [-0.39, 0.29) is 5.41 Å². The summed E-state index contributed by atoms with van der Waals surface area (Å²) < 4.78 is 0. The van der Waals surface area contributed by atoms with Gasteiger partial charge in [-0.25, -0.2) is 0 Å². The molecule has 0 bridgehead atoms. The zero-order valence-electron chi connectivity index (χ0n) is 23.8. The van der Waals surface area contributed by atoms with E-state index in [1.54, 1.807) is 0 Å². The van der Waals surface area contributed by atoms with Crippen molar-refractivity contribution in [2.75, 3.05) is 4.90 Å². The highest BCUT2D eigenvalue weighted by Gasteiger charge is 2.36. The summed E-state index contributed by atoms with van der Waals surface area (Å²) in [6.45, 7) is 4.69. The van der Waals surface area contributed by atoms with Crippen LogP contribution in [0, 0.1) is 0 Å². The molecule has 0 N–H and O–H groups in total. The second-order valence-electron chi connectivity index (χ2n) is 11.6. The van der Waals surface area contributed by atoms with Crippen LogP contribution in [0.3, 0.4) is 0 Å². The minimum Gasteiger partial charge on any atom is -0.309 e. The molecule has 8 rings (SSSR count). The smallest absolute Gasteiger partial charge is 0.0801 e.